The molecule has 0 aliphatic rings. The molecule has 0 aromatic rings. The summed E-state index contributed by atoms with van der Waals surface area (Å²) in [6.07, 6.45) is 19.3. The van der Waals surface area contributed by atoms with Crippen LogP contribution in [0.15, 0.2) is 36.5 Å². The molecule has 1 unspecified atom stereocenters. The molecule has 0 radical (unpaired) electrons. The monoisotopic (exact) mass is 300 g/mol. The maximum Gasteiger partial charge on any atom is 0.267 e. The van der Waals surface area contributed by atoms with Gasteiger partial charge in [-0.3, -0.25) is 4.55 Å². The van der Waals surface area contributed by atoms with E-state index >= 15 is 0 Å². The highest BCUT2D eigenvalue weighted by Crippen LogP contribution is 2.09. The van der Waals surface area contributed by atoms with Crippen molar-refractivity contribution < 1.29 is 13.0 Å². The third-order valence-electron chi connectivity index (χ3n) is 3.06. The van der Waals surface area contributed by atoms with Crippen LogP contribution in [-0.4, -0.2) is 18.2 Å². The minimum atomic E-state index is -3.86. The van der Waals surface area contributed by atoms with Crippen LogP contribution in [0.1, 0.15) is 58.8 Å². The van der Waals surface area contributed by atoms with Gasteiger partial charge in [-0.05, 0) is 58.8 Å². The summed E-state index contributed by atoms with van der Waals surface area (Å²) >= 11 is 0. The minimum absolute atomic E-state index is 0.508. The molecular weight excluding hydrogens is 272 g/mol. The van der Waals surface area contributed by atoms with Gasteiger partial charge in [0, 0.05) is 0 Å². The summed E-state index contributed by atoms with van der Waals surface area (Å²) in [6, 6.07) is 0. The van der Waals surface area contributed by atoms with Crippen LogP contribution in [0, 0.1) is 0 Å². The zero-order chi connectivity index (χ0) is 15.3. The molecule has 0 bridgehead atoms. The van der Waals surface area contributed by atoms with E-state index in [9.17, 15) is 8.42 Å². The molecule has 1 N–H and O–H groups in total. The van der Waals surface area contributed by atoms with E-state index in [0.717, 1.165) is 38.5 Å². The van der Waals surface area contributed by atoms with Gasteiger partial charge in [-0.15, -0.1) is 0 Å². The number of allylic oxidation sites excluding steroid dienone is 6. The molecule has 0 aromatic carbocycles. The lowest BCUT2D eigenvalue weighted by Crippen LogP contribution is -2.15. The lowest BCUT2D eigenvalue weighted by molar-refractivity contribution is 0.464. The number of hydrogen-bond donors (Lipinski definition) is 1. The van der Waals surface area contributed by atoms with Crippen molar-refractivity contribution in [1.82, 2.24) is 0 Å². The third kappa shape index (κ3) is 12.2. The van der Waals surface area contributed by atoms with Crippen molar-refractivity contribution >= 4 is 10.1 Å². The normalized spacial score (nSPS) is 14.8. The zero-order valence-corrected chi connectivity index (χ0v) is 13.5. The van der Waals surface area contributed by atoms with Crippen LogP contribution in [0.3, 0.4) is 0 Å². The van der Waals surface area contributed by atoms with Gasteiger partial charge in [0.2, 0.25) is 0 Å². The van der Waals surface area contributed by atoms with Gasteiger partial charge in [0.05, 0.1) is 5.25 Å². The van der Waals surface area contributed by atoms with Crippen molar-refractivity contribution in [3.05, 3.63) is 36.5 Å². The van der Waals surface area contributed by atoms with Gasteiger partial charge in [0.1, 0.15) is 0 Å². The van der Waals surface area contributed by atoms with E-state index in [-0.39, 0.29) is 0 Å². The number of hydrogen-bond acceptors (Lipinski definition) is 2. The summed E-state index contributed by atoms with van der Waals surface area (Å²) in [5.74, 6) is 0. The SMILES string of the molecule is CC=CCCC=CCCC=CCCCC(C)S(=O)(=O)O. The van der Waals surface area contributed by atoms with Crippen molar-refractivity contribution in [2.24, 2.45) is 0 Å². The molecular formula is C16H28O3S. The first-order valence-electron chi connectivity index (χ1n) is 7.36. The Morgan fingerprint density at radius 3 is 1.80 bits per heavy atom. The second-order valence-electron chi connectivity index (χ2n) is 4.92. The van der Waals surface area contributed by atoms with Gasteiger partial charge in [0.15, 0.2) is 0 Å². The molecule has 0 saturated heterocycles. The van der Waals surface area contributed by atoms with Crippen molar-refractivity contribution in [1.29, 1.82) is 0 Å². The smallest absolute Gasteiger partial charge is 0.267 e. The number of rotatable bonds is 11. The van der Waals surface area contributed by atoms with Gasteiger partial charge in [0.25, 0.3) is 10.1 Å². The van der Waals surface area contributed by atoms with Crippen LogP contribution in [-0.2, 0) is 10.1 Å². The van der Waals surface area contributed by atoms with Gasteiger partial charge < -0.3 is 0 Å². The molecule has 0 aliphatic carbocycles. The van der Waals surface area contributed by atoms with E-state index in [0.29, 0.717) is 6.42 Å². The van der Waals surface area contributed by atoms with Crippen molar-refractivity contribution in [2.45, 2.75) is 64.0 Å². The van der Waals surface area contributed by atoms with Crippen LogP contribution in [0.4, 0.5) is 0 Å². The molecule has 0 aromatic heterocycles. The average Bonchev–Trinajstić information content (AvgIpc) is 2.38. The fourth-order valence-corrected chi connectivity index (χ4v) is 2.16. The quantitative estimate of drug-likeness (QED) is 0.342. The topological polar surface area (TPSA) is 54.4 Å². The zero-order valence-electron chi connectivity index (χ0n) is 12.7. The van der Waals surface area contributed by atoms with Gasteiger partial charge in [-0.1, -0.05) is 36.5 Å². The van der Waals surface area contributed by atoms with Crippen molar-refractivity contribution in [2.75, 3.05) is 0 Å². The summed E-state index contributed by atoms with van der Waals surface area (Å²) in [5, 5.41) is -0.656. The Balaban J connectivity index is 3.50. The molecule has 0 fully saturated rings. The van der Waals surface area contributed by atoms with Gasteiger partial charge in [-0.25, -0.2) is 0 Å². The number of unbranched alkanes of at least 4 members (excludes halogenated alkanes) is 3. The van der Waals surface area contributed by atoms with E-state index in [1.165, 1.54) is 6.92 Å². The first-order valence-corrected chi connectivity index (χ1v) is 8.86. The van der Waals surface area contributed by atoms with Crippen LogP contribution in [0.2, 0.25) is 0 Å². The highest BCUT2D eigenvalue weighted by atomic mass is 32.2. The molecule has 0 rings (SSSR count). The molecule has 116 valence electrons. The fourth-order valence-electron chi connectivity index (χ4n) is 1.70. The Hall–Kier alpha value is -0.870. The molecule has 4 heteroatoms. The largest absolute Gasteiger partial charge is 0.285 e. The van der Waals surface area contributed by atoms with E-state index in [2.05, 4.69) is 36.5 Å². The highest BCUT2D eigenvalue weighted by Gasteiger charge is 2.15. The Labute approximate surface area is 124 Å². The Kier molecular flexibility index (Phi) is 11.4. The predicted molar refractivity (Wildman–Crippen MR) is 86.4 cm³/mol. The molecule has 20 heavy (non-hydrogen) atoms. The Bertz CT molecular complexity index is 405. The van der Waals surface area contributed by atoms with Crippen LogP contribution in [0.25, 0.3) is 0 Å². The average molecular weight is 300 g/mol. The fraction of sp³-hybridized carbons (Fsp3) is 0.625. The second-order valence-corrected chi connectivity index (χ2v) is 6.76. The van der Waals surface area contributed by atoms with Crippen molar-refractivity contribution in [3.8, 4) is 0 Å². The van der Waals surface area contributed by atoms with Gasteiger partial charge >= 0.3 is 0 Å². The van der Waals surface area contributed by atoms with Crippen LogP contribution < -0.4 is 0 Å². The summed E-state index contributed by atoms with van der Waals surface area (Å²) in [4.78, 5) is 0. The summed E-state index contributed by atoms with van der Waals surface area (Å²) < 4.78 is 30.4. The van der Waals surface area contributed by atoms with E-state index in [4.69, 9.17) is 4.55 Å². The van der Waals surface area contributed by atoms with Crippen molar-refractivity contribution in [3.63, 3.8) is 0 Å². The van der Waals surface area contributed by atoms with Crippen LogP contribution in [0.5, 0.6) is 0 Å². The van der Waals surface area contributed by atoms with E-state index in [1.54, 1.807) is 0 Å². The maximum absolute atomic E-state index is 10.8. The standard InChI is InChI=1S/C16H28O3S/c1-3-4-5-6-7-8-9-10-11-12-13-14-15-16(2)20(17,18)19/h3-4,7-8,11-12,16H,5-6,9-10,13-15H2,1-2H3,(H,17,18,19). The molecule has 0 spiro atoms. The van der Waals surface area contributed by atoms with E-state index in [1.807, 2.05) is 6.92 Å². The minimum Gasteiger partial charge on any atom is -0.285 e. The Morgan fingerprint density at radius 2 is 1.35 bits per heavy atom. The molecule has 0 aliphatic heterocycles. The molecule has 0 amide bonds. The predicted octanol–water partition coefficient (Wildman–Crippen LogP) is 4.68. The maximum atomic E-state index is 10.8. The lowest BCUT2D eigenvalue weighted by atomic mass is 10.1. The Morgan fingerprint density at radius 1 is 0.900 bits per heavy atom. The highest BCUT2D eigenvalue weighted by molar-refractivity contribution is 7.86. The molecule has 1 atom stereocenters. The first kappa shape index (κ1) is 19.1. The van der Waals surface area contributed by atoms with E-state index < -0.39 is 15.4 Å². The summed E-state index contributed by atoms with van der Waals surface area (Å²) in [7, 11) is -3.86. The summed E-state index contributed by atoms with van der Waals surface area (Å²) in [6.45, 7) is 3.57. The first-order chi connectivity index (χ1) is 9.48. The van der Waals surface area contributed by atoms with Crippen LogP contribution >= 0.6 is 0 Å². The lowest BCUT2D eigenvalue weighted by Gasteiger charge is -2.05. The molecule has 3 nitrogen and oxygen atoms in total. The molecule has 0 saturated carbocycles. The second kappa shape index (κ2) is 11.9. The summed E-state index contributed by atoms with van der Waals surface area (Å²) in [5.41, 5.74) is 0. The van der Waals surface area contributed by atoms with Gasteiger partial charge in [-0.2, -0.15) is 8.42 Å². The third-order valence-corrected chi connectivity index (χ3v) is 4.31. The molecule has 0 heterocycles.